The summed E-state index contributed by atoms with van der Waals surface area (Å²) in [5.74, 6) is 0.776. The molecule has 0 bridgehead atoms. The molecule has 2 aromatic heterocycles. The number of fused-ring (bicyclic) bond motifs is 3. The van der Waals surface area contributed by atoms with Crippen LogP contribution < -0.4 is 5.56 Å². The average molecular weight is 489 g/mol. The number of aromatic nitrogens is 2. The maximum atomic E-state index is 14.0. The zero-order chi connectivity index (χ0) is 24.0. The first-order chi connectivity index (χ1) is 16.2. The third kappa shape index (κ3) is 4.36. The van der Waals surface area contributed by atoms with Crippen molar-refractivity contribution >= 4 is 33.3 Å². The lowest BCUT2D eigenvalue weighted by molar-refractivity contribution is 0.590. The van der Waals surface area contributed by atoms with Gasteiger partial charge in [0.2, 0.25) is 0 Å². The minimum atomic E-state index is 0.0867. The number of thiophene rings is 1. The van der Waals surface area contributed by atoms with Crippen LogP contribution in [0, 0.1) is 13.8 Å². The predicted molar refractivity (Wildman–Crippen MR) is 146 cm³/mol. The molecule has 5 rings (SSSR count). The van der Waals surface area contributed by atoms with Gasteiger partial charge in [0.25, 0.3) is 5.56 Å². The molecular formula is C29H32N2OS2. The minimum Gasteiger partial charge on any atom is -0.268 e. The first-order valence-electron chi connectivity index (χ1n) is 12.1. The number of hydrogen-bond acceptors (Lipinski definition) is 4. The maximum Gasteiger partial charge on any atom is 0.267 e. The molecule has 0 fully saturated rings. The van der Waals surface area contributed by atoms with Gasteiger partial charge in [0.1, 0.15) is 4.83 Å². The maximum absolute atomic E-state index is 14.0. The quantitative estimate of drug-likeness (QED) is 0.220. The van der Waals surface area contributed by atoms with E-state index in [2.05, 4.69) is 77.1 Å². The molecule has 4 aromatic rings. The van der Waals surface area contributed by atoms with E-state index in [1.54, 1.807) is 23.1 Å². The van der Waals surface area contributed by atoms with Gasteiger partial charge in [-0.3, -0.25) is 9.36 Å². The lowest BCUT2D eigenvalue weighted by Crippen LogP contribution is -2.23. The monoisotopic (exact) mass is 488 g/mol. The summed E-state index contributed by atoms with van der Waals surface area (Å²) >= 11 is 3.38. The standard InChI is InChI=1S/C29H32N2OS2/c1-18-10-11-19(2)23(16-18)31-27(32)25-22-8-6-7-9-24(22)34-26(25)30-28(31)33-17-20-12-14-21(15-13-20)29(3,4)5/h10-16H,6-9,17H2,1-5H3. The van der Waals surface area contributed by atoms with E-state index in [0.717, 1.165) is 57.2 Å². The van der Waals surface area contributed by atoms with Gasteiger partial charge < -0.3 is 0 Å². The molecule has 176 valence electrons. The molecule has 3 nitrogen and oxygen atoms in total. The lowest BCUT2D eigenvalue weighted by atomic mass is 9.87. The predicted octanol–water partition coefficient (Wildman–Crippen LogP) is 7.53. The van der Waals surface area contributed by atoms with Crippen molar-refractivity contribution in [3.8, 4) is 5.69 Å². The van der Waals surface area contributed by atoms with Crippen LogP contribution in [0.25, 0.3) is 15.9 Å². The molecule has 0 saturated heterocycles. The fraction of sp³-hybridized carbons (Fsp3) is 0.379. The fourth-order valence-corrected chi connectivity index (χ4v) is 6.97. The molecule has 2 heterocycles. The Kier molecular flexibility index (Phi) is 6.19. The molecule has 5 heteroatoms. The molecular weight excluding hydrogens is 456 g/mol. The van der Waals surface area contributed by atoms with Crippen LogP contribution in [0.15, 0.2) is 52.4 Å². The largest absolute Gasteiger partial charge is 0.268 e. The second-order valence-corrected chi connectivity index (χ2v) is 12.5. The molecule has 1 aliphatic carbocycles. The van der Waals surface area contributed by atoms with Crippen molar-refractivity contribution in [2.45, 2.75) is 76.6 Å². The number of hydrogen-bond donors (Lipinski definition) is 0. The van der Waals surface area contributed by atoms with Crippen molar-refractivity contribution in [2.24, 2.45) is 0 Å². The van der Waals surface area contributed by atoms with Crippen molar-refractivity contribution in [2.75, 3.05) is 0 Å². The van der Waals surface area contributed by atoms with Crippen LogP contribution >= 0.6 is 23.1 Å². The van der Waals surface area contributed by atoms with E-state index >= 15 is 0 Å². The summed E-state index contributed by atoms with van der Waals surface area (Å²) in [5.41, 5.74) is 7.23. The molecule has 0 amide bonds. The highest BCUT2D eigenvalue weighted by Gasteiger charge is 2.23. The number of benzene rings is 2. The summed E-state index contributed by atoms with van der Waals surface area (Å²) in [5, 5.41) is 1.63. The number of thioether (sulfide) groups is 1. The molecule has 34 heavy (non-hydrogen) atoms. The van der Waals surface area contributed by atoms with Gasteiger partial charge in [-0.1, -0.05) is 68.9 Å². The van der Waals surface area contributed by atoms with Gasteiger partial charge in [0.05, 0.1) is 11.1 Å². The molecule has 0 spiro atoms. The Hall–Kier alpha value is -2.37. The zero-order valence-electron chi connectivity index (χ0n) is 20.7. The van der Waals surface area contributed by atoms with E-state index in [-0.39, 0.29) is 11.0 Å². The Bertz CT molecular complexity index is 1420. The molecule has 2 aromatic carbocycles. The molecule has 0 radical (unpaired) electrons. The molecule has 0 N–H and O–H groups in total. The molecule has 0 unspecified atom stereocenters. The van der Waals surface area contributed by atoms with E-state index in [4.69, 9.17) is 4.98 Å². The van der Waals surface area contributed by atoms with Gasteiger partial charge in [-0.15, -0.1) is 11.3 Å². The summed E-state index contributed by atoms with van der Waals surface area (Å²) in [6.45, 7) is 10.9. The number of nitrogens with zero attached hydrogens (tertiary/aromatic N) is 2. The fourth-order valence-electron chi connectivity index (χ4n) is 4.70. The van der Waals surface area contributed by atoms with Crippen molar-refractivity contribution in [1.82, 2.24) is 9.55 Å². The van der Waals surface area contributed by atoms with E-state index < -0.39 is 0 Å². The SMILES string of the molecule is Cc1ccc(C)c(-n2c(SCc3ccc(C(C)(C)C)cc3)nc3sc4c(c3c2=O)CCCC4)c1. The number of rotatable bonds is 4. The smallest absolute Gasteiger partial charge is 0.267 e. The first kappa shape index (κ1) is 23.4. The molecule has 0 saturated carbocycles. The van der Waals surface area contributed by atoms with Gasteiger partial charge in [-0.25, -0.2) is 4.98 Å². The van der Waals surface area contributed by atoms with Crippen LogP contribution in [0.4, 0.5) is 0 Å². The second kappa shape index (κ2) is 9.01. The highest BCUT2D eigenvalue weighted by atomic mass is 32.2. The normalized spacial score (nSPS) is 13.9. The Morgan fingerprint density at radius 3 is 2.50 bits per heavy atom. The van der Waals surface area contributed by atoms with Crippen molar-refractivity contribution in [3.63, 3.8) is 0 Å². The third-order valence-electron chi connectivity index (χ3n) is 6.75. The van der Waals surface area contributed by atoms with Crippen molar-refractivity contribution in [1.29, 1.82) is 0 Å². The second-order valence-electron chi connectivity index (χ2n) is 10.5. The summed E-state index contributed by atoms with van der Waals surface area (Å²) in [6.07, 6.45) is 4.42. The van der Waals surface area contributed by atoms with E-state index in [0.29, 0.717) is 0 Å². The summed E-state index contributed by atoms with van der Waals surface area (Å²) in [7, 11) is 0. The molecule has 0 aliphatic heterocycles. The van der Waals surface area contributed by atoms with Crippen LogP contribution in [-0.4, -0.2) is 9.55 Å². The molecule has 0 atom stereocenters. The van der Waals surface area contributed by atoms with Crippen LogP contribution in [-0.2, 0) is 24.0 Å². The molecule has 1 aliphatic rings. The third-order valence-corrected chi connectivity index (χ3v) is 8.95. The first-order valence-corrected chi connectivity index (χ1v) is 13.9. The van der Waals surface area contributed by atoms with E-state index in [9.17, 15) is 4.79 Å². The van der Waals surface area contributed by atoms with E-state index in [1.165, 1.54) is 28.0 Å². The van der Waals surface area contributed by atoms with Crippen molar-refractivity contribution < 1.29 is 0 Å². The Morgan fingerprint density at radius 2 is 1.76 bits per heavy atom. The topological polar surface area (TPSA) is 34.9 Å². The summed E-state index contributed by atoms with van der Waals surface area (Å²) < 4.78 is 1.88. The van der Waals surface area contributed by atoms with Crippen LogP contribution in [0.2, 0.25) is 0 Å². The van der Waals surface area contributed by atoms with E-state index in [1.807, 2.05) is 4.57 Å². The van der Waals surface area contributed by atoms with Crippen LogP contribution in [0.3, 0.4) is 0 Å². The van der Waals surface area contributed by atoms with Gasteiger partial charge in [-0.05, 0) is 78.8 Å². The van der Waals surface area contributed by atoms with Gasteiger partial charge in [0, 0.05) is 10.6 Å². The summed E-state index contributed by atoms with van der Waals surface area (Å²) in [4.78, 5) is 21.4. The Morgan fingerprint density at radius 1 is 1.03 bits per heavy atom. The van der Waals surface area contributed by atoms with Crippen LogP contribution in [0.1, 0.15) is 66.3 Å². The van der Waals surface area contributed by atoms with Gasteiger partial charge in [-0.2, -0.15) is 0 Å². The Balaban J connectivity index is 1.61. The minimum absolute atomic E-state index is 0.0867. The summed E-state index contributed by atoms with van der Waals surface area (Å²) in [6, 6.07) is 15.2. The zero-order valence-corrected chi connectivity index (χ0v) is 22.3. The number of aryl methyl sites for hydroxylation is 4. The van der Waals surface area contributed by atoms with Gasteiger partial charge >= 0.3 is 0 Å². The van der Waals surface area contributed by atoms with Gasteiger partial charge in [0.15, 0.2) is 5.16 Å². The lowest BCUT2D eigenvalue weighted by Gasteiger charge is -2.19. The average Bonchev–Trinajstić information content (AvgIpc) is 3.18. The Labute approximate surface area is 210 Å². The highest BCUT2D eigenvalue weighted by molar-refractivity contribution is 7.98. The highest BCUT2D eigenvalue weighted by Crippen LogP contribution is 2.36. The van der Waals surface area contributed by atoms with Crippen LogP contribution in [0.5, 0.6) is 0 Å². The van der Waals surface area contributed by atoms with Crippen molar-refractivity contribution in [3.05, 3.63) is 85.5 Å².